The average Bonchev–Trinajstić information content (AvgIpc) is 2.22. The largest absolute Gasteiger partial charge is 0.335 e. The van der Waals surface area contributed by atoms with Crippen molar-refractivity contribution < 1.29 is 0 Å². The van der Waals surface area contributed by atoms with Crippen LogP contribution in [0.1, 0.15) is 6.42 Å². The summed E-state index contributed by atoms with van der Waals surface area (Å²) in [5, 5.41) is 4.21. The van der Waals surface area contributed by atoms with E-state index in [0.717, 1.165) is 28.3 Å². The van der Waals surface area contributed by atoms with Gasteiger partial charge in [-0.25, -0.2) is 0 Å². The van der Waals surface area contributed by atoms with Gasteiger partial charge in [0, 0.05) is 16.7 Å². The number of hydrogen-bond acceptors (Lipinski definition) is 3. The van der Waals surface area contributed by atoms with E-state index in [1.165, 1.54) is 4.91 Å². The molecule has 0 atom stereocenters. The molecule has 4 heteroatoms. The summed E-state index contributed by atoms with van der Waals surface area (Å²) in [6.45, 7) is 4.79. The van der Waals surface area contributed by atoms with Gasteiger partial charge in [0.1, 0.15) is 0 Å². The third-order valence-corrected chi connectivity index (χ3v) is 3.43. The van der Waals surface area contributed by atoms with E-state index in [1.807, 2.05) is 24.3 Å². The summed E-state index contributed by atoms with van der Waals surface area (Å²) in [6, 6.07) is 8.05. The second-order valence-corrected chi connectivity index (χ2v) is 5.29. The maximum absolute atomic E-state index is 4.39. The number of hydrogen-bond donors (Lipinski definition) is 1. The second kappa shape index (κ2) is 4.86. The van der Waals surface area contributed by atoms with Gasteiger partial charge >= 0.3 is 0 Å². The molecule has 0 bridgehead atoms. The number of benzene rings is 1. The van der Waals surface area contributed by atoms with Gasteiger partial charge in [-0.2, -0.15) is 0 Å². The molecule has 0 spiro atoms. The zero-order chi connectivity index (χ0) is 10.7. The van der Waals surface area contributed by atoms with Crippen molar-refractivity contribution in [2.24, 2.45) is 4.99 Å². The molecule has 2 nitrogen and oxygen atoms in total. The first-order chi connectivity index (χ1) is 7.24. The number of halogens is 1. The molecule has 15 heavy (non-hydrogen) atoms. The van der Waals surface area contributed by atoms with Gasteiger partial charge in [0.05, 0.1) is 0 Å². The first kappa shape index (κ1) is 10.8. The number of rotatable bonds is 1. The van der Waals surface area contributed by atoms with Crippen LogP contribution in [0.3, 0.4) is 0 Å². The number of anilines is 1. The fraction of sp³-hybridized carbons (Fsp3) is 0.182. The molecule has 0 aliphatic carbocycles. The third kappa shape index (κ3) is 3.11. The van der Waals surface area contributed by atoms with Crippen molar-refractivity contribution in [3.05, 3.63) is 40.2 Å². The van der Waals surface area contributed by atoms with Crippen molar-refractivity contribution in [1.29, 1.82) is 0 Å². The van der Waals surface area contributed by atoms with Crippen LogP contribution >= 0.6 is 27.7 Å². The Labute approximate surface area is 102 Å². The van der Waals surface area contributed by atoms with Crippen LogP contribution in [0.2, 0.25) is 0 Å². The highest BCUT2D eigenvalue weighted by molar-refractivity contribution is 9.10. The van der Waals surface area contributed by atoms with E-state index in [4.69, 9.17) is 0 Å². The Kier molecular flexibility index (Phi) is 3.49. The molecule has 0 radical (unpaired) electrons. The summed E-state index contributed by atoms with van der Waals surface area (Å²) in [5.74, 6) is 0. The van der Waals surface area contributed by atoms with E-state index in [1.54, 1.807) is 11.8 Å². The van der Waals surface area contributed by atoms with Crippen LogP contribution in [-0.2, 0) is 0 Å². The first-order valence-corrected chi connectivity index (χ1v) is 6.28. The van der Waals surface area contributed by atoms with E-state index in [9.17, 15) is 0 Å². The molecule has 1 aliphatic rings. The smallest absolute Gasteiger partial charge is 0.165 e. The van der Waals surface area contributed by atoms with Crippen LogP contribution in [0.15, 0.2) is 45.2 Å². The molecule has 78 valence electrons. The minimum atomic E-state index is 0.838. The van der Waals surface area contributed by atoms with Gasteiger partial charge in [0.25, 0.3) is 0 Å². The Morgan fingerprint density at radius 1 is 1.33 bits per heavy atom. The molecule has 0 amide bonds. The lowest BCUT2D eigenvalue weighted by Gasteiger charge is -2.14. The summed E-state index contributed by atoms with van der Waals surface area (Å²) in [6.07, 6.45) is 0.982. The molecule has 0 unspecified atom stereocenters. The molecular weight excluding hydrogens is 272 g/mol. The zero-order valence-corrected chi connectivity index (χ0v) is 10.6. The lowest BCUT2D eigenvalue weighted by Crippen LogP contribution is -2.12. The minimum absolute atomic E-state index is 0.838. The Balaban J connectivity index is 2.05. The van der Waals surface area contributed by atoms with Crippen LogP contribution in [0.5, 0.6) is 0 Å². The van der Waals surface area contributed by atoms with Crippen molar-refractivity contribution in [1.82, 2.24) is 0 Å². The number of nitrogens with zero attached hydrogens (tertiary/aromatic N) is 1. The monoisotopic (exact) mass is 282 g/mol. The topological polar surface area (TPSA) is 24.4 Å². The highest BCUT2D eigenvalue weighted by Crippen LogP contribution is 2.25. The van der Waals surface area contributed by atoms with Crippen LogP contribution in [0.4, 0.5) is 5.69 Å². The third-order valence-electron chi connectivity index (χ3n) is 1.98. The number of thioether (sulfide) groups is 1. The van der Waals surface area contributed by atoms with Gasteiger partial charge in [0.2, 0.25) is 0 Å². The summed E-state index contributed by atoms with van der Waals surface area (Å²) < 4.78 is 1.08. The molecule has 1 aromatic rings. The van der Waals surface area contributed by atoms with Crippen LogP contribution < -0.4 is 5.32 Å². The molecule has 1 aliphatic heterocycles. The Bertz CT molecular complexity index is 398. The molecule has 0 fully saturated rings. The minimum Gasteiger partial charge on any atom is -0.335 e. The Morgan fingerprint density at radius 2 is 2.07 bits per heavy atom. The lowest BCUT2D eigenvalue weighted by molar-refractivity contribution is 0.994. The molecule has 1 heterocycles. The fourth-order valence-corrected chi connectivity index (χ4v) is 2.28. The Hall–Kier alpha value is -0.740. The van der Waals surface area contributed by atoms with Crippen molar-refractivity contribution in [3.63, 3.8) is 0 Å². The van der Waals surface area contributed by atoms with Crippen molar-refractivity contribution in [2.75, 3.05) is 11.9 Å². The molecule has 2 rings (SSSR count). The first-order valence-electron chi connectivity index (χ1n) is 4.67. The normalized spacial score (nSPS) is 16.1. The van der Waals surface area contributed by atoms with Crippen molar-refractivity contribution in [2.45, 2.75) is 6.42 Å². The molecule has 1 aromatic carbocycles. The number of aliphatic imine (C=N–C) groups is 1. The van der Waals surface area contributed by atoms with Crippen LogP contribution in [0, 0.1) is 0 Å². The maximum Gasteiger partial charge on any atom is 0.165 e. The van der Waals surface area contributed by atoms with Crippen molar-refractivity contribution >= 4 is 38.5 Å². The van der Waals surface area contributed by atoms with E-state index in [-0.39, 0.29) is 0 Å². The predicted molar refractivity (Wildman–Crippen MR) is 71.4 cm³/mol. The summed E-state index contributed by atoms with van der Waals surface area (Å²) in [5.41, 5.74) is 1.05. The van der Waals surface area contributed by atoms with E-state index in [2.05, 4.69) is 32.8 Å². The average molecular weight is 283 g/mol. The lowest BCUT2D eigenvalue weighted by atomic mass is 10.3. The second-order valence-electron chi connectivity index (χ2n) is 3.21. The SMILES string of the molecule is C=C1CCN=C(Nc2ccc(Br)cc2)S1. The highest BCUT2D eigenvalue weighted by atomic mass is 79.9. The molecule has 0 saturated heterocycles. The van der Waals surface area contributed by atoms with Gasteiger partial charge in [-0.05, 0) is 35.6 Å². The van der Waals surface area contributed by atoms with Gasteiger partial charge in [-0.1, -0.05) is 34.3 Å². The van der Waals surface area contributed by atoms with Gasteiger partial charge < -0.3 is 5.32 Å². The maximum atomic E-state index is 4.39. The summed E-state index contributed by atoms with van der Waals surface area (Å²) >= 11 is 5.02. The molecule has 0 saturated carbocycles. The molecule has 0 aromatic heterocycles. The van der Waals surface area contributed by atoms with Gasteiger partial charge in [-0.3, -0.25) is 4.99 Å². The van der Waals surface area contributed by atoms with Gasteiger partial charge in [0.15, 0.2) is 5.17 Å². The van der Waals surface area contributed by atoms with Gasteiger partial charge in [-0.15, -0.1) is 0 Å². The molecular formula is C11H11BrN2S. The van der Waals surface area contributed by atoms with Crippen LogP contribution in [-0.4, -0.2) is 11.7 Å². The summed E-state index contributed by atoms with van der Waals surface area (Å²) in [4.78, 5) is 5.56. The van der Waals surface area contributed by atoms with E-state index < -0.39 is 0 Å². The predicted octanol–water partition coefficient (Wildman–Crippen LogP) is 3.87. The number of amidine groups is 1. The highest BCUT2D eigenvalue weighted by Gasteiger charge is 2.08. The fourth-order valence-electron chi connectivity index (χ4n) is 1.22. The number of nitrogens with one attached hydrogen (secondary N) is 1. The Morgan fingerprint density at radius 3 is 2.73 bits per heavy atom. The summed E-state index contributed by atoms with van der Waals surface area (Å²) in [7, 11) is 0. The quantitative estimate of drug-likeness (QED) is 0.846. The standard InChI is InChI=1S/C11H11BrN2S/c1-8-6-7-13-11(15-8)14-10-4-2-9(12)3-5-10/h2-5H,1,6-7H2,(H,13,14). The molecule has 1 N–H and O–H groups in total. The van der Waals surface area contributed by atoms with Crippen molar-refractivity contribution in [3.8, 4) is 0 Å². The van der Waals surface area contributed by atoms with E-state index >= 15 is 0 Å². The zero-order valence-electron chi connectivity index (χ0n) is 8.16. The van der Waals surface area contributed by atoms with E-state index in [0.29, 0.717) is 0 Å². The van der Waals surface area contributed by atoms with Crippen LogP contribution in [0.25, 0.3) is 0 Å².